The number of methoxy groups -OCH3 is 1. The van der Waals surface area contributed by atoms with Crippen LogP contribution >= 0.6 is 0 Å². The van der Waals surface area contributed by atoms with Gasteiger partial charge in [-0.2, -0.15) is 0 Å². The molecule has 0 N–H and O–H groups in total. The molecule has 0 bridgehead atoms. The maximum atomic E-state index is 12.7. The van der Waals surface area contributed by atoms with Gasteiger partial charge in [-0.1, -0.05) is 24.3 Å². The number of carbonyl (C=O) groups is 1. The van der Waals surface area contributed by atoms with Crippen molar-refractivity contribution in [3.8, 4) is 11.5 Å². The smallest absolute Gasteiger partial charge is 0.340 e. The fourth-order valence-corrected chi connectivity index (χ4v) is 2.44. The Hall–Kier alpha value is -3.28. The van der Waals surface area contributed by atoms with E-state index in [0.29, 0.717) is 17.1 Å². The summed E-state index contributed by atoms with van der Waals surface area (Å²) in [7, 11) is 1.55. The summed E-state index contributed by atoms with van der Waals surface area (Å²) in [6.07, 6.45) is 4.95. The third kappa shape index (κ3) is 4.03. The summed E-state index contributed by atoms with van der Waals surface area (Å²) in [6, 6.07) is 16.2. The lowest BCUT2D eigenvalue weighted by Gasteiger charge is -2.30. The monoisotopic (exact) mass is 352 g/mol. The van der Waals surface area contributed by atoms with Crippen LogP contribution in [0.15, 0.2) is 73.3 Å². The van der Waals surface area contributed by atoms with Crippen LogP contribution in [-0.4, -0.2) is 29.2 Å². The standard InChI is InChI=1S/C20H20N2O4/c1-20(22-12-11-21-15-22,14-25-17-8-4-3-5-9-17)26-19(23)16-7-6-10-18(13-16)24-2/h3-13,15H,14H2,1-2H3. The first-order valence-corrected chi connectivity index (χ1v) is 8.14. The van der Waals surface area contributed by atoms with E-state index < -0.39 is 11.7 Å². The molecule has 6 heteroatoms. The van der Waals surface area contributed by atoms with Crippen molar-refractivity contribution >= 4 is 5.97 Å². The first-order valence-electron chi connectivity index (χ1n) is 8.14. The molecule has 1 atom stereocenters. The van der Waals surface area contributed by atoms with Crippen LogP contribution in [0.25, 0.3) is 0 Å². The van der Waals surface area contributed by atoms with Gasteiger partial charge in [-0.05, 0) is 37.3 Å². The van der Waals surface area contributed by atoms with E-state index in [1.165, 1.54) is 0 Å². The van der Waals surface area contributed by atoms with Gasteiger partial charge >= 0.3 is 5.97 Å². The van der Waals surface area contributed by atoms with Crippen molar-refractivity contribution in [2.24, 2.45) is 0 Å². The lowest BCUT2D eigenvalue weighted by Crippen LogP contribution is -2.40. The Morgan fingerprint density at radius 2 is 1.88 bits per heavy atom. The second-order valence-corrected chi connectivity index (χ2v) is 5.87. The minimum absolute atomic E-state index is 0.128. The van der Waals surface area contributed by atoms with Crippen LogP contribution in [-0.2, 0) is 10.5 Å². The number of rotatable bonds is 7. The average molecular weight is 352 g/mol. The Labute approximate surface area is 152 Å². The van der Waals surface area contributed by atoms with Crippen molar-refractivity contribution in [2.75, 3.05) is 13.7 Å². The first kappa shape index (κ1) is 17.5. The largest absolute Gasteiger partial charge is 0.497 e. The third-order valence-corrected chi connectivity index (χ3v) is 3.92. The first-order chi connectivity index (χ1) is 12.6. The summed E-state index contributed by atoms with van der Waals surface area (Å²) < 4.78 is 18.5. The molecule has 134 valence electrons. The predicted molar refractivity (Wildman–Crippen MR) is 96.2 cm³/mol. The number of esters is 1. The second kappa shape index (κ2) is 7.74. The molecule has 3 rings (SSSR count). The maximum absolute atomic E-state index is 12.7. The normalized spacial score (nSPS) is 12.8. The van der Waals surface area contributed by atoms with Crippen LogP contribution in [0, 0.1) is 0 Å². The summed E-state index contributed by atoms with van der Waals surface area (Å²) in [4.78, 5) is 16.7. The van der Waals surface area contributed by atoms with Gasteiger partial charge in [0.05, 0.1) is 19.0 Å². The second-order valence-electron chi connectivity index (χ2n) is 5.87. The molecule has 0 aliphatic heterocycles. The number of imidazole rings is 1. The Morgan fingerprint density at radius 3 is 2.58 bits per heavy atom. The van der Waals surface area contributed by atoms with E-state index >= 15 is 0 Å². The highest BCUT2D eigenvalue weighted by molar-refractivity contribution is 5.90. The SMILES string of the molecule is COc1cccc(C(=O)OC(C)(COc2ccccc2)n2ccnc2)c1. The Morgan fingerprint density at radius 1 is 1.12 bits per heavy atom. The van der Waals surface area contributed by atoms with E-state index in [4.69, 9.17) is 14.2 Å². The van der Waals surface area contributed by atoms with Crippen LogP contribution in [0.1, 0.15) is 17.3 Å². The molecular weight excluding hydrogens is 332 g/mol. The molecule has 6 nitrogen and oxygen atoms in total. The van der Waals surface area contributed by atoms with Crippen LogP contribution < -0.4 is 9.47 Å². The van der Waals surface area contributed by atoms with Crippen LogP contribution in [0.4, 0.5) is 0 Å². The van der Waals surface area contributed by atoms with E-state index in [1.807, 2.05) is 30.3 Å². The summed E-state index contributed by atoms with van der Waals surface area (Å²) in [6.45, 7) is 1.90. The third-order valence-electron chi connectivity index (χ3n) is 3.92. The fourth-order valence-electron chi connectivity index (χ4n) is 2.44. The van der Waals surface area contributed by atoms with Gasteiger partial charge in [0.15, 0.2) is 0 Å². The predicted octanol–water partition coefficient (Wildman–Crippen LogP) is 3.50. The molecule has 2 aromatic carbocycles. The van der Waals surface area contributed by atoms with Crippen LogP contribution in [0.2, 0.25) is 0 Å². The van der Waals surface area contributed by atoms with Gasteiger partial charge in [0.2, 0.25) is 5.72 Å². The van der Waals surface area contributed by atoms with Crippen molar-refractivity contribution in [2.45, 2.75) is 12.6 Å². The molecule has 0 aliphatic carbocycles. The van der Waals surface area contributed by atoms with E-state index in [0.717, 1.165) is 0 Å². The molecule has 0 saturated carbocycles. The zero-order chi connectivity index (χ0) is 18.4. The van der Waals surface area contributed by atoms with Crippen molar-refractivity contribution < 1.29 is 19.0 Å². The van der Waals surface area contributed by atoms with Crippen LogP contribution in [0.3, 0.4) is 0 Å². The minimum Gasteiger partial charge on any atom is -0.497 e. The van der Waals surface area contributed by atoms with Gasteiger partial charge in [0.25, 0.3) is 0 Å². The van der Waals surface area contributed by atoms with Gasteiger partial charge in [0, 0.05) is 12.4 Å². The number of nitrogens with zero attached hydrogens (tertiary/aromatic N) is 2. The molecule has 0 amide bonds. The number of aromatic nitrogens is 2. The highest BCUT2D eigenvalue weighted by Crippen LogP contribution is 2.23. The van der Waals surface area contributed by atoms with Crippen molar-refractivity contribution in [3.63, 3.8) is 0 Å². The molecule has 0 fully saturated rings. The van der Waals surface area contributed by atoms with Gasteiger partial charge in [-0.15, -0.1) is 0 Å². The zero-order valence-electron chi connectivity index (χ0n) is 14.7. The Bertz CT molecular complexity index is 849. The quantitative estimate of drug-likeness (QED) is 0.609. The van der Waals surface area contributed by atoms with Gasteiger partial charge in [-0.25, -0.2) is 9.78 Å². The molecule has 0 saturated heterocycles. The highest BCUT2D eigenvalue weighted by atomic mass is 16.6. The number of hydrogen-bond acceptors (Lipinski definition) is 5. The van der Waals surface area contributed by atoms with Crippen molar-refractivity contribution in [1.29, 1.82) is 0 Å². The van der Waals surface area contributed by atoms with Gasteiger partial charge in [0.1, 0.15) is 18.1 Å². The number of carbonyl (C=O) groups excluding carboxylic acids is 1. The minimum atomic E-state index is -1.06. The summed E-state index contributed by atoms with van der Waals surface area (Å²) in [5.74, 6) is 0.803. The zero-order valence-corrected chi connectivity index (χ0v) is 14.7. The molecule has 1 unspecified atom stereocenters. The molecule has 0 radical (unpaired) electrons. The molecule has 0 spiro atoms. The fraction of sp³-hybridized carbons (Fsp3) is 0.200. The van der Waals surface area contributed by atoms with E-state index in [-0.39, 0.29) is 6.61 Å². The summed E-state index contributed by atoms with van der Waals surface area (Å²) in [5.41, 5.74) is -0.664. The lowest BCUT2D eigenvalue weighted by atomic mass is 10.2. The van der Waals surface area contributed by atoms with Crippen molar-refractivity contribution in [1.82, 2.24) is 9.55 Å². The summed E-state index contributed by atoms with van der Waals surface area (Å²) in [5, 5.41) is 0. The molecule has 1 heterocycles. The molecular formula is C20H20N2O4. The number of benzene rings is 2. The molecule has 0 aliphatic rings. The van der Waals surface area contributed by atoms with Gasteiger partial charge in [-0.3, -0.25) is 4.57 Å². The van der Waals surface area contributed by atoms with Crippen molar-refractivity contribution in [3.05, 3.63) is 78.9 Å². The molecule has 26 heavy (non-hydrogen) atoms. The maximum Gasteiger partial charge on any atom is 0.340 e. The Balaban J connectivity index is 1.80. The summed E-state index contributed by atoms with van der Waals surface area (Å²) >= 11 is 0. The number of hydrogen-bond donors (Lipinski definition) is 0. The van der Waals surface area contributed by atoms with E-state index in [1.54, 1.807) is 61.6 Å². The molecule has 3 aromatic rings. The number of ether oxygens (including phenoxy) is 3. The van der Waals surface area contributed by atoms with Crippen LogP contribution in [0.5, 0.6) is 11.5 Å². The topological polar surface area (TPSA) is 62.6 Å². The molecule has 1 aromatic heterocycles. The lowest BCUT2D eigenvalue weighted by molar-refractivity contribution is -0.0794. The van der Waals surface area contributed by atoms with E-state index in [2.05, 4.69) is 4.98 Å². The van der Waals surface area contributed by atoms with E-state index in [9.17, 15) is 4.79 Å². The average Bonchev–Trinajstić information content (AvgIpc) is 3.23. The highest BCUT2D eigenvalue weighted by Gasteiger charge is 2.32. The number of para-hydroxylation sites is 1. The Kier molecular flexibility index (Phi) is 5.22. The van der Waals surface area contributed by atoms with Gasteiger partial charge < -0.3 is 14.2 Å².